The van der Waals surface area contributed by atoms with Gasteiger partial charge in [0, 0.05) is 25.0 Å². The Hall–Kier alpha value is -2.32. The summed E-state index contributed by atoms with van der Waals surface area (Å²) in [6, 6.07) is 7.95. The highest BCUT2D eigenvalue weighted by atomic mass is 16.5. The van der Waals surface area contributed by atoms with Crippen LogP contribution in [-0.4, -0.2) is 25.2 Å². The zero-order valence-corrected chi connectivity index (χ0v) is 15.7. The van der Waals surface area contributed by atoms with Crippen molar-refractivity contribution in [1.29, 1.82) is 5.26 Å². The molecule has 0 unspecified atom stereocenters. The molecule has 136 valence electrons. The predicted octanol–water partition coefficient (Wildman–Crippen LogP) is 3.56. The highest BCUT2D eigenvalue weighted by Crippen LogP contribution is 2.23. The van der Waals surface area contributed by atoms with Crippen molar-refractivity contribution in [3.63, 3.8) is 0 Å². The highest BCUT2D eigenvalue weighted by Gasteiger charge is 2.13. The lowest BCUT2D eigenvalue weighted by Crippen LogP contribution is -2.19. The summed E-state index contributed by atoms with van der Waals surface area (Å²) in [7, 11) is 0. The Labute approximate surface area is 151 Å². The first-order chi connectivity index (χ1) is 12.0. The molecule has 1 aromatic rings. The van der Waals surface area contributed by atoms with Gasteiger partial charge in [-0.25, -0.2) is 0 Å². The number of anilines is 1. The van der Waals surface area contributed by atoms with Gasteiger partial charge in [-0.1, -0.05) is 32.0 Å². The van der Waals surface area contributed by atoms with Crippen LogP contribution in [0.15, 0.2) is 30.0 Å². The average molecular weight is 343 g/mol. The summed E-state index contributed by atoms with van der Waals surface area (Å²) in [6.45, 7) is 9.38. The Morgan fingerprint density at radius 2 is 1.92 bits per heavy atom. The number of hydrogen-bond acceptors (Lipinski definition) is 4. The van der Waals surface area contributed by atoms with Crippen molar-refractivity contribution in [3.05, 3.63) is 41.1 Å². The van der Waals surface area contributed by atoms with Gasteiger partial charge in [0.25, 0.3) is 5.91 Å². The lowest BCUT2D eigenvalue weighted by molar-refractivity contribution is -0.112. The molecule has 0 spiro atoms. The third-order valence-corrected chi connectivity index (χ3v) is 3.77. The number of amides is 1. The topological polar surface area (TPSA) is 74.2 Å². The fourth-order valence-electron chi connectivity index (χ4n) is 2.40. The van der Waals surface area contributed by atoms with E-state index in [0.717, 1.165) is 36.1 Å². The van der Waals surface area contributed by atoms with E-state index in [-0.39, 0.29) is 17.6 Å². The molecule has 1 aromatic carbocycles. The molecule has 0 saturated heterocycles. The summed E-state index contributed by atoms with van der Waals surface area (Å²) in [5.41, 5.74) is 3.04. The van der Waals surface area contributed by atoms with Crippen molar-refractivity contribution < 1.29 is 9.53 Å². The summed E-state index contributed by atoms with van der Waals surface area (Å²) in [5.74, 6) is -0.385. The van der Waals surface area contributed by atoms with Crippen molar-refractivity contribution in [1.82, 2.24) is 5.32 Å². The molecule has 0 saturated carbocycles. The molecular formula is C20H29N3O2. The molecule has 0 bridgehead atoms. The molecule has 0 heterocycles. The summed E-state index contributed by atoms with van der Waals surface area (Å²) in [5, 5.41) is 15.2. The van der Waals surface area contributed by atoms with Gasteiger partial charge in [0.2, 0.25) is 0 Å². The third-order valence-electron chi connectivity index (χ3n) is 3.77. The van der Waals surface area contributed by atoms with Crippen LogP contribution in [0.25, 0.3) is 0 Å². The normalized spacial score (nSPS) is 11.3. The van der Waals surface area contributed by atoms with Crippen molar-refractivity contribution >= 4 is 11.6 Å². The molecule has 25 heavy (non-hydrogen) atoms. The van der Waals surface area contributed by atoms with Gasteiger partial charge in [-0.3, -0.25) is 4.79 Å². The summed E-state index contributed by atoms with van der Waals surface area (Å²) in [4.78, 5) is 12.4. The Morgan fingerprint density at radius 1 is 1.28 bits per heavy atom. The van der Waals surface area contributed by atoms with E-state index >= 15 is 0 Å². The van der Waals surface area contributed by atoms with Crippen molar-refractivity contribution in [2.75, 3.05) is 18.5 Å². The Morgan fingerprint density at radius 3 is 2.44 bits per heavy atom. The molecule has 1 rings (SSSR count). The molecule has 0 aliphatic heterocycles. The van der Waals surface area contributed by atoms with Crippen LogP contribution in [0.5, 0.6) is 0 Å². The molecule has 0 radical (unpaired) electrons. The fourth-order valence-corrected chi connectivity index (χ4v) is 2.40. The van der Waals surface area contributed by atoms with E-state index in [2.05, 4.69) is 10.6 Å². The lowest BCUT2D eigenvalue weighted by Gasteiger charge is -2.14. The number of para-hydroxylation sites is 1. The monoisotopic (exact) mass is 343 g/mol. The minimum atomic E-state index is -0.385. The van der Waals surface area contributed by atoms with E-state index in [1.165, 1.54) is 6.20 Å². The maximum absolute atomic E-state index is 12.4. The summed E-state index contributed by atoms with van der Waals surface area (Å²) < 4.78 is 5.45. The van der Waals surface area contributed by atoms with Gasteiger partial charge < -0.3 is 15.4 Å². The molecule has 1 amide bonds. The lowest BCUT2D eigenvalue weighted by atomic mass is 10.0. The number of nitrogens with zero attached hydrogens (tertiary/aromatic N) is 1. The number of benzene rings is 1. The zero-order valence-electron chi connectivity index (χ0n) is 15.7. The van der Waals surface area contributed by atoms with Crippen LogP contribution in [0.3, 0.4) is 0 Å². The fraction of sp³-hybridized carbons (Fsp3) is 0.500. The molecule has 0 aliphatic rings. The molecule has 5 heteroatoms. The highest BCUT2D eigenvalue weighted by molar-refractivity contribution is 6.07. The van der Waals surface area contributed by atoms with E-state index in [0.29, 0.717) is 13.2 Å². The Kier molecular flexibility index (Phi) is 9.34. The largest absolute Gasteiger partial charge is 0.390 e. The number of carbonyl (C=O) groups excluding carboxylic acids is 1. The van der Waals surface area contributed by atoms with Gasteiger partial charge in [0.15, 0.2) is 0 Å². The second kappa shape index (κ2) is 11.3. The number of nitriles is 1. The van der Waals surface area contributed by atoms with Crippen LogP contribution < -0.4 is 10.6 Å². The summed E-state index contributed by atoms with van der Waals surface area (Å²) >= 11 is 0. The molecular weight excluding hydrogens is 314 g/mol. The van der Waals surface area contributed by atoms with Gasteiger partial charge >= 0.3 is 0 Å². The number of aryl methyl sites for hydroxylation is 2. The third kappa shape index (κ3) is 6.98. The minimum Gasteiger partial charge on any atom is -0.390 e. The molecule has 0 aliphatic carbocycles. The molecule has 0 fully saturated rings. The van der Waals surface area contributed by atoms with E-state index in [4.69, 9.17) is 4.74 Å². The molecule has 5 nitrogen and oxygen atoms in total. The molecule has 0 atom stereocenters. The maximum Gasteiger partial charge on any atom is 0.267 e. The van der Waals surface area contributed by atoms with Crippen molar-refractivity contribution in [2.45, 2.75) is 53.1 Å². The zero-order chi connectivity index (χ0) is 18.7. The summed E-state index contributed by atoms with van der Waals surface area (Å²) in [6.07, 6.45) is 4.15. The number of hydrogen-bond donors (Lipinski definition) is 2. The predicted molar refractivity (Wildman–Crippen MR) is 101 cm³/mol. The number of carbonyl (C=O) groups is 1. The van der Waals surface area contributed by atoms with Crippen LogP contribution in [0.2, 0.25) is 0 Å². The van der Waals surface area contributed by atoms with Crippen molar-refractivity contribution in [3.8, 4) is 6.07 Å². The van der Waals surface area contributed by atoms with Crippen LogP contribution in [-0.2, 0) is 22.4 Å². The van der Waals surface area contributed by atoms with Gasteiger partial charge in [0.05, 0.1) is 6.10 Å². The van der Waals surface area contributed by atoms with Gasteiger partial charge in [-0.05, 0) is 44.2 Å². The van der Waals surface area contributed by atoms with E-state index in [9.17, 15) is 10.1 Å². The number of rotatable bonds is 10. The van der Waals surface area contributed by atoms with E-state index in [1.54, 1.807) is 0 Å². The SMILES string of the molecule is CCc1cccc(CC)c1NC(=O)/C(C#N)=C\NCCCOC(C)C. The van der Waals surface area contributed by atoms with Crippen LogP contribution in [0.1, 0.15) is 45.2 Å². The molecule has 2 N–H and O–H groups in total. The Bertz CT molecular complexity index is 608. The first kappa shape index (κ1) is 20.7. The van der Waals surface area contributed by atoms with Crippen molar-refractivity contribution in [2.24, 2.45) is 0 Å². The molecule has 0 aromatic heterocycles. The second-order valence-corrected chi connectivity index (χ2v) is 6.01. The minimum absolute atomic E-state index is 0.0673. The number of nitrogens with one attached hydrogen (secondary N) is 2. The van der Waals surface area contributed by atoms with Gasteiger partial charge in [-0.2, -0.15) is 5.26 Å². The van der Waals surface area contributed by atoms with Crippen LogP contribution in [0.4, 0.5) is 5.69 Å². The standard InChI is InChI=1S/C20H29N3O2/c1-5-16-9-7-10-17(6-2)19(16)23-20(24)18(13-21)14-22-11-8-12-25-15(3)4/h7,9-10,14-15,22H,5-6,8,11-12H2,1-4H3,(H,23,24)/b18-14-. The van der Waals surface area contributed by atoms with Crippen LogP contribution >= 0.6 is 0 Å². The quantitative estimate of drug-likeness (QED) is 0.387. The van der Waals surface area contributed by atoms with Crippen LogP contribution in [0, 0.1) is 11.3 Å². The smallest absolute Gasteiger partial charge is 0.267 e. The van der Waals surface area contributed by atoms with Gasteiger partial charge in [0.1, 0.15) is 11.6 Å². The average Bonchev–Trinajstić information content (AvgIpc) is 2.60. The first-order valence-electron chi connectivity index (χ1n) is 8.90. The first-order valence-corrected chi connectivity index (χ1v) is 8.90. The van der Waals surface area contributed by atoms with E-state index in [1.807, 2.05) is 52.0 Å². The Balaban J connectivity index is 2.68. The van der Waals surface area contributed by atoms with Gasteiger partial charge in [-0.15, -0.1) is 0 Å². The number of ether oxygens (including phenoxy) is 1. The second-order valence-electron chi connectivity index (χ2n) is 6.01. The maximum atomic E-state index is 12.4. The van der Waals surface area contributed by atoms with E-state index < -0.39 is 0 Å².